The molecule has 0 spiro atoms. The predicted molar refractivity (Wildman–Crippen MR) is 63.8 cm³/mol. The normalized spacial score (nSPS) is 12.8. The lowest BCUT2D eigenvalue weighted by Crippen LogP contribution is -2.18. The molecule has 0 heterocycles. The largest absolute Gasteiger partial charge is 0.416 e. The number of hydrogen-bond acceptors (Lipinski definition) is 0. The quantitative estimate of drug-likeness (QED) is 0.653. The van der Waals surface area contributed by atoms with Gasteiger partial charge in [0.05, 0.1) is 5.56 Å². The zero-order valence-corrected chi connectivity index (χ0v) is 10.9. The SMILES string of the molecule is CCC(C)(CC)Cc1cc(F)cc(C(F)(F)F)c1. The third-order valence-corrected chi connectivity index (χ3v) is 3.62. The van der Waals surface area contributed by atoms with E-state index in [1.807, 2.05) is 20.8 Å². The first-order chi connectivity index (χ1) is 8.20. The van der Waals surface area contributed by atoms with Gasteiger partial charge in [0.1, 0.15) is 5.82 Å². The summed E-state index contributed by atoms with van der Waals surface area (Å²) in [5.41, 5.74) is -0.586. The molecule has 102 valence electrons. The monoisotopic (exact) mass is 262 g/mol. The Morgan fingerprint density at radius 1 is 1.00 bits per heavy atom. The molecule has 0 aliphatic heterocycles. The second kappa shape index (κ2) is 5.29. The molecule has 1 aromatic carbocycles. The molecule has 0 nitrogen and oxygen atoms in total. The minimum atomic E-state index is -4.49. The van der Waals surface area contributed by atoms with Crippen LogP contribution in [0, 0.1) is 11.2 Å². The van der Waals surface area contributed by atoms with Gasteiger partial charge in [-0.25, -0.2) is 4.39 Å². The molecule has 0 N–H and O–H groups in total. The molecule has 4 heteroatoms. The second-order valence-corrected chi connectivity index (χ2v) is 5.04. The molecule has 0 fully saturated rings. The molecular weight excluding hydrogens is 244 g/mol. The Bertz CT molecular complexity index is 403. The molecule has 0 bridgehead atoms. The van der Waals surface area contributed by atoms with Crippen molar-refractivity contribution in [3.63, 3.8) is 0 Å². The number of rotatable bonds is 4. The summed E-state index contributed by atoms with van der Waals surface area (Å²) in [6.45, 7) is 5.99. The predicted octanol–water partition coefficient (Wildman–Crippen LogP) is 5.21. The smallest absolute Gasteiger partial charge is 0.207 e. The highest BCUT2D eigenvalue weighted by molar-refractivity contribution is 5.27. The van der Waals surface area contributed by atoms with Crippen molar-refractivity contribution in [3.8, 4) is 0 Å². The van der Waals surface area contributed by atoms with Crippen molar-refractivity contribution in [1.82, 2.24) is 0 Å². The van der Waals surface area contributed by atoms with Crippen molar-refractivity contribution < 1.29 is 17.6 Å². The van der Waals surface area contributed by atoms with Crippen LogP contribution in [0.25, 0.3) is 0 Å². The number of hydrogen-bond donors (Lipinski definition) is 0. The fraction of sp³-hybridized carbons (Fsp3) is 0.571. The maximum Gasteiger partial charge on any atom is 0.416 e. The first-order valence-corrected chi connectivity index (χ1v) is 6.07. The number of halogens is 4. The third-order valence-electron chi connectivity index (χ3n) is 3.62. The van der Waals surface area contributed by atoms with Gasteiger partial charge in [-0.2, -0.15) is 13.2 Å². The van der Waals surface area contributed by atoms with Crippen LogP contribution >= 0.6 is 0 Å². The lowest BCUT2D eigenvalue weighted by molar-refractivity contribution is -0.137. The van der Waals surface area contributed by atoms with Crippen LogP contribution in [-0.2, 0) is 12.6 Å². The number of benzene rings is 1. The first kappa shape index (κ1) is 15.0. The highest BCUT2D eigenvalue weighted by Crippen LogP contribution is 2.34. The standard InChI is InChI=1S/C14H18F4/c1-4-13(3,5-2)9-10-6-11(14(16,17)18)8-12(15)7-10/h6-8H,4-5,9H2,1-3H3. The maximum atomic E-state index is 13.2. The van der Waals surface area contributed by atoms with Gasteiger partial charge in [0.2, 0.25) is 0 Å². The average molecular weight is 262 g/mol. The van der Waals surface area contributed by atoms with E-state index in [9.17, 15) is 17.6 Å². The minimum Gasteiger partial charge on any atom is -0.207 e. The highest BCUT2D eigenvalue weighted by Gasteiger charge is 2.32. The van der Waals surface area contributed by atoms with Crippen LogP contribution in [0.3, 0.4) is 0 Å². The molecule has 1 rings (SSSR count). The van der Waals surface area contributed by atoms with Crippen LogP contribution in [0.1, 0.15) is 44.7 Å². The van der Waals surface area contributed by atoms with E-state index >= 15 is 0 Å². The van der Waals surface area contributed by atoms with Gasteiger partial charge in [0.25, 0.3) is 0 Å². The topological polar surface area (TPSA) is 0 Å². The zero-order valence-electron chi connectivity index (χ0n) is 10.9. The summed E-state index contributed by atoms with van der Waals surface area (Å²) in [6, 6.07) is 2.78. The first-order valence-electron chi connectivity index (χ1n) is 6.07. The molecule has 0 unspecified atom stereocenters. The van der Waals surface area contributed by atoms with E-state index in [2.05, 4.69) is 0 Å². The van der Waals surface area contributed by atoms with Crippen molar-refractivity contribution in [2.45, 2.75) is 46.2 Å². The third kappa shape index (κ3) is 3.72. The van der Waals surface area contributed by atoms with E-state index in [4.69, 9.17) is 0 Å². The van der Waals surface area contributed by atoms with Crippen LogP contribution in [0.2, 0.25) is 0 Å². The van der Waals surface area contributed by atoms with Crippen LogP contribution in [0.4, 0.5) is 17.6 Å². The molecule has 0 atom stereocenters. The summed E-state index contributed by atoms with van der Waals surface area (Å²) in [6.07, 6.45) is -2.34. The minimum absolute atomic E-state index is 0.0866. The van der Waals surface area contributed by atoms with E-state index in [0.29, 0.717) is 18.1 Å². The van der Waals surface area contributed by atoms with E-state index in [1.165, 1.54) is 6.07 Å². The van der Waals surface area contributed by atoms with E-state index in [-0.39, 0.29) is 5.41 Å². The van der Waals surface area contributed by atoms with Gasteiger partial charge >= 0.3 is 6.18 Å². The van der Waals surface area contributed by atoms with Crippen LogP contribution in [0.5, 0.6) is 0 Å². The van der Waals surface area contributed by atoms with Crippen LogP contribution in [0.15, 0.2) is 18.2 Å². The summed E-state index contributed by atoms with van der Waals surface area (Å²) < 4.78 is 51.0. The summed E-state index contributed by atoms with van der Waals surface area (Å²) in [5, 5.41) is 0. The summed E-state index contributed by atoms with van der Waals surface area (Å²) in [5.74, 6) is -0.825. The van der Waals surface area contributed by atoms with Gasteiger partial charge in [-0.15, -0.1) is 0 Å². The van der Waals surface area contributed by atoms with Crippen LogP contribution in [-0.4, -0.2) is 0 Å². The zero-order chi connectivity index (χ0) is 14.0. The van der Waals surface area contributed by atoms with E-state index < -0.39 is 17.6 Å². The Morgan fingerprint density at radius 2 is 1.56 bits per heavy atom. The molecule has 0 aliphatic carbocycles. The molecule has 0 aliphatic rings. The Kier molecular flexibility index (Phi) is 4.41. The van der Waals surface area contributed by atoms with Crippen molar-refractivity contribution in [2.24, 2.45) is 5.41 Å². The molecule has 0 saturated carbocycles. The molecule has 1 aromatic rings. The Balaban J connectivity index is 3.08. The Morgan fingerprint density at radius 3 is 2.00 bits per heavy atom. The fourth-order valence-corrected chi connectivity index (χ4v) is 1.91. The lowest BCUT2D eigenvalue weighted by Gasteiger charge is -2.27. The highest BCUT2D eigenvalue weighted by atomic mass is 19.4. The van der Waals surface area contributed by atoms with Crippen LogP contribution < -0.4 is 0 Å². The van der Waals surface area contributed by atoms with E-state index in [1.54, 1.807) is 0 Å². The van der Waals surface area contributed by atoms with E-state index in [0.717, 1.165) is 18.9 Å². The van der Waals surface area contributed by atoms with Gasteiger partial charge in [-0.1, -0.05) is 33.6 Å². The molecule has 0 amide bonds. The Hall–Kier alpha value is -1.06. The van der Waals surface area contributed by atoms with Gasteiger partial charge in [-0.3, -0.25) is 0 Å². The molecule has 18 heavy (non-hydrogen) atoms. The van der Waals surface area contributed by atoms with Gasteiger partial charge in [0.15, 0.2) is 0 Å². The lowest BCUT2D eigenvalue weighted by atomic mass is 9.79. The average Bonchev–Trinajstić information content (AvgIpc) is 2.27. The Labute approximate surface area is 105 Å². The maximum absolute atomic E-state index is 13.2. The molecule has 0 radical (unpaired) electrons. The molecular formula is C14H18F4. The fourth-order valence-electron chi connectivity index (χ4n) is 1.91. The summed E-state index contributed by atoms with van der Waals surface area (Å²) >= 11 is 0. The van der Waals surface area contributed by atoms with Gasteiger partial charge in [-0.05, 0) is 35.6 Å². The van der Waals surface area contributed by atoms with Gasteiger partial charge < -0.3 is 0 Å². The second-order valence-electron chi connectivity index (χ2n) is 5.04. The van der Waals surface area contributed by atoms with Crippen molar-refractivity contribution >= 4 is 0 Å². The number of alkyl halides is 3. The molecule has 0 aromatic heterocycles. The van der Waals surface area contributed by atoms with Gasteiger partial charge in [0, 0.05) is 0 Å². The van der Waals surface area contributed by atoms with Crippen molar-refractivity contribution in [2.75, 3.05) is 0 Å². The van der Waals surface area contributed by atoms with Crippen molar-refractivity contribution in [1.29, 1.82) is 0 Å². The summed E-state index contributed by atoms with van der Waals surface area (Å²) in [7, 11) is 0. The van der Waals surface area contributed by atoms with Crippen molar-refractivity contribution in [3.05, 3.63) is 35.1 Å². The summed E-state index contributed by atoms with van der Waals surface area (Å²) in [4.78, 5) is 0. The molecule has 0 saturated heterocycles.